The monoisotopic (exact) mass is 265 g/mol. The van der Waals surface area contributed by atoms with Crippen LogP contribution in [0.15, 0.2) is 24.3 Å². The smallest absolute Gasteiger partial charge is 0.320 e. The SMILES string of the molecule is CNC(CCOc1ccc(C(C)(C)C)cc1)C(=O)O. The van der Waals surface area contributed by atoms with Gasteiger partial charge in [0.15, 0.2) is 0 Å². The van der Waals surface area contributed by atoms with Crippen LogP contribution < -0.4 is 10.1 Å². The van der Waals surface area contributed by atoms with Gasteiger partial charge in [-0.2, -0.15) is 0 Å². The van der Waals surface area contributed by atoms with Gasteiger partial charge >= 0.3 is 5.97 Å². The molecule has 0 radical (unpaired) electrons. The zero-order chi connectivity index (χ0) is 14.5. The van der Waals surface area contributed by atoms with E-state index in [9.17, 15) is 4.79 Å². The molecule has 1 atom stereocenters. The molecule has 0 aliphatic rings. The molecule has 0 saturated heterocycles. The van der Waals surface area contributed by atoms with Gasteiger partial charge in [-0.25, -0.2) is 0 Å². The maximum absolute atomic E-state index is 10.8. The van der Waals surface area contributed by atoms with Crippen LogP contribution in [0.4, 0.5) is 0 Å². The number of nitrogens with one attached hydrogen (secondary N) is 1. The van der Waals surface area contributed by atoms with Crippen LogP contribution in [0.1, 0.15) is 32.8 Å². The van der Waals surface area contributed by atoms with E-state index in [2.05, 4.69) is 26.1 Å². The largest absolute Gasteiger partial charge is 0.494 e. The molecule has 2 N–H and O–H groups in total. The molecular formula is C15H23NO3. The highest BCUT2D eigenvalue weighted by atomic mass is 16.5. The summed E-state index contributed by atoms with van der Waals surface area (Å²) in [6, 6.07) is 7.38. The van der Waals surface area contributed by atoms with E-state index in [1.807, 2.05) is 24.3 Å². The molecule has 19 heavy (non-hydrogen) atoms. The van der Waals surface area contributed by atoms with Crippen molar-refractivity contribution in [2.75, 3.05) is 13.7 Å². The highest BCUT2D eigenvalue weighted by Crippen LogP contribution is 2.24. The number of aliphatic carboxylic acids is 1. The summed E-state index contributed by atoms with van der Waals surface area (Å²) in [5.74, 6) is -0.0811. The van der Waals surface area contributed by atoms with Crippen LogP contribution in [0.2, 0.25) is 0 Å². The van der Waals surface area contributed by atoms with Gasteiger partial charge in [-0.3, -0.25) is 4.79 Å². The van der Waals surface area contributed by atoms with E-state index >= 15 is 0 Å². The molecule has 0 saturated carbocycles. The van der Waals surface area contributed by atoms with E-state index < -0.39 is 12.0 Å². The van der Waals surface area contributed by atoms with E-state index in [-0.39, 0.29) is 5.41 Å². The van der Waals surface area contributed by atoms with E-state index in [1.165, 1.54) is 5.56 Å². The van der Waals surface area contributed by atoms with Crippen LogP contribution >= 0.6 is 0 Å². The molecule has 1 unspecified atom stereocenters. The van der Waals surface area contributed by atoms with Gasteiger partial charge in [0.25, 0.3) is 0 Å². The molecule has 0 aliphatic heterocycles. The minimum Gasteiger partial charge on any atom is -0.494 e. The third kappa shape index (κ3) is 4.91. The Kier molecular flexibility index (Phi) is 5.36. The third-order valence-corrected chi connectivity index (χ3v) is 3.04. The summed E-state index contributed by atoms with van der Waals surface area (Å²) in [5, 5.41) is 11.6. The second-order valence-electron chi connectivity index (χ2n) is 5.59. The number of ether oxygens (including phenoxy) is 1. The fourth-order valence-corrected chi connectivity index (χ4v) is 1.74. The Morgan fingerprint density at radius 2 is 1.89 bits per heavy atom. The molecule has 1 aromatic rings. The molecule has 106 valence electrons. The molecule has 0 aliphatic carbocycles. The van der Waals surface area contributed by atoms with Crippen molar-refractivity contribution in [2.24, 2.45) is 0 Å². The topological polar surface area (TPSA) is 58.6 Å². The molecule has 0 aromatic heterocycles. The number of rotatable bonds is 6. The number of hydrogen-bond acceptors (Lipinski definition) is 3. The van der Waals surface area contributed by atoms with Gasteiger partial charge in [0.2, 0.25) is 0 Å². The van der Waals surface area contributed by atoms with E-state index in [1.54, 1.807) is 7.05 Å². The first-order chi connectivity index (χ1) is 8.84. The lowest BCUT2D eigenvalue weighted by Gasteiger charge is -2.19. The lowest BCUT2D eigenvalue weighted by atomic mass is 9.87. The molecule has 1 aromatic carbocycles. The van der Waals surface area contributed by atoms with Gasteiger partial charge in [-0.05, 0) is 30.2 Å². The minimum absolute atomic E-state index is 0.124. The Bertz CT molecular complexity index is 406. The van der Waals surface area contributed by atoms with Crippen molar-refractivity contribution in [2.45, 2.75) is 38.6 Å². The van der Waals surface area contributed by atoms with Gasteiger partial charge < -0.3 is 15.2 Å². The zero-order valence-corrected chi connectivity index (χ0v) is 12.1. The van der Waals surface area contributed by atoms with Gasteiger partial charge in [-0.15, -0.1) is 0 Å². The standard InChI is InChI=1S/C15H23NO3/c1-15(2,3)11-5-7-12(8-6-11)19-10-9-13(16-4)14(17)18/h5-8,13,16H,9-10H2,1-4H3,(H,17,18). The predicted molar refractivity (Wildman–Crippen MR) is 75.7 cm³/mol. The lowest BCUT2D eigenvalue weighted by molar-refractivity contribution is -0.139. The second-order valence-corrected chi connectivity index (χ2v) is 5.59. The van der Waals surface area contributed by atoms with Crippen LogP contribution in [0.25, 0.3) is 0 Å². The van der Waals surface area contributed by atoms with E-state index in [0.717, 1.165) is 5.75 Å². The fourth-order valence-electron chi connectivity index (χ4n) is 1.74. The van der Waals surface area contributed by atoms with E-state index in [4.69, 9.17) is 9.84 Å². The first-order valence-electron chi connectivity index (χ1n) is 6.48. The summed E-state index contributed by atoms with van der Waals surface area (Å²) in [6.07, 6.45) is 0.437. The summed E-state index contributed by atoms with van der Waals surface area (Å²) in [6.45, 7) is 6.86. The maximum atomic E-state index is 10.8. The van der Waals surface area contributed by atoms with Gasteiger partial charge in [0.1, 0.15) is 11.8 Å². The first kappa shape index (κ1) is 15.5. The lowest BCUT2D eigenvalue weighted by Crippen LogP contribution is -2.35. The van der Waals surface area contributed by atoms with Gasteiger partial charge in [0, 0.05) is 6.42 Å². The summed E-state index contributed by atoms with van der Waals surface area (Å²) >= 11 is 0. The fraction of sp³-hybridized carbons (Fsp3) is 0.533. The first-order valence-corrected chi connectivity index (χ1v) is 6.48. The Balaban J connectivity index is 2.49. The van der Waals surface area contributed by atoms with Crippen LogP contribution in [0.5, 0.6) is 5.75 Å². The Morgan fingerprint density at radius 1 is 1.32 bits per heavy atom. The van der Waals surface area contributed by atoms with Crippen molar-refractivity contribution in [3.8, 4) is 5.75 Å². The molecule has 0 amide bonds. The maximum Gasteiger partial charge on any atom is 0.320 e. The zero-order valence-electron chi connectivity index (χ0n) is 12.1. The predicted octanol–water partition coefficient (Wildman–Crippen LogP) is 2.43. The second kappa shape index (κ2) is 6.57. The van der Waals surface area contributed by atoms with Gasteiger partial charge in [-0.1, -0.05) is 32.9 Å². The molecule has 1 rings (SSSR count). The summed E-state index contributed by atoms with van der Waals surface area (Å²) < 4.78 is 5.55. The quantitative estimate of drug-likeness (QED) is 0.829. The van der Waals surface area contributed by atoms with Crippen LogP contribution in [-0.4, -0.2) is 30.8 Å². The summed E-state index contributed by atoms with van der Waals surface area (Å²) in [7, 11) is 1.64. The summed E-state index contributed by atoms with van der Waals surface area (Å²) in [5.41, 5.74) is 1.37. The molecule has 4 nitrogen and oxygen atoms in total. The van der Waals surface area contributed by atoms with Crippen molar-refractivity contribution in [1.29, 1.82) is 0 Å². The van der Waals surface area contributed by atoms with Crippen molar-refractivity contribution < 1.29 is 14.6 Å². The molecule has 0 spiro atoms. The molecule has 4 heteroatoms. The van der Waals surface area contributed by atoms with Crippen LogP contribution in [0, 0.1) is 0 Å². The highest BCUT2D eigenvalue weighted by molar-refractivity contribution is 5.73. The molecule has 0 fully saturated rings. The molecular weight excluding hydrogens is 242 g/mol. The van der Waals surface area contributed by atoms with Crippen molar-refractivity contribution >= 4 is 5.97 Å². The van der Waals surface area contributed by atoms with Crippen molar-refractivity contribution in [1.82, 2.24) is 5.32 Å². The third-order valence-electron chi connectivity index (χ3n) is 3.04. The summed E-state index contributed by atoms with van der Waals surface area (Å²) in [4.78, 5) is 10.8. The van der Waals surface area contributed by atoms with Crippen molar-refractivity contribution in [3.63, 3.8) is 0 Å². The highest BCUT2D eigenvalue weighted by Gasteiger charge is 2.15. The van der Waals surface area contributed by atoms with E-state index in [0.29, 0.717) is 13.0 Å². The minimum atomic E-state index is -0.853. The van der Waals surface area contributed by atoms with Crippen molar-refractivity contribution in [3.05, 3.63) is 29.8 Å². The number of carboxylic acid groups (broad SMARTS) is 1. The average Bonchev–Trinajstić information content (AvgIpc) is 2.33. The normalized spacial score (nSPS) is 13.1. The number of hydrogen-bond donors (Lipinski definition) is 2. The Morgan fingerprint density at radius 3 is 2.32 bits per heavy atom. The molecule has 0 bridgehead atoms. The van der Waals surface area contributed by atoms with Crippen LogP contribution in [-0.2, 0) is 10.2 Å². The number of carboxylic acids is 1. The number of carbonyl (C=O) groups is 1. The number of benzene rings is 1. The Labute approximate surface area is 114 Å². The molecule has 0 heterocycles. The Hall–Kier alpha value is -1.55. The number of likely N-dealkylation sites (N-methyl/N-ethyl adjacent to an activating group) is 1. The van der Waals surface area contributed by atoms with Gasteiger partial charge in [0.05, 0.1) is 6.61 Å². The van der Waals surface area contributed by atoms with Crippen LogP contribution in [0.3, 0.4) is 0 Å². The average molecular weight is 265 g/mol.